The van der Waals surface area contributed by atoms with Crippen LogP contribution in [0.15, 0.2) is 54.1 Å². The number of ketones is 1. The molecule has 1 heterocycles. The maximum Gasteiger partial charge on any atom is 0.295 e. The highest BCUT2D eigenvalue weighted by Crippen LogP contribution is 2.39. The number of aliphatic hydroxyl groups excluding tert-OH is 1. The second-order valence-electron chi connectivity index (χ2n) is 9.72. The molecular formula is C31H42N2O4. The number of nitrogens with zero attached hydrogens (tertiary/aromatic N) is 2. The maximum absolute atomic E-state index is 13.3. The highest BCUT2D eigenvalue weighted by atomic mass is 16.5. The third-order valence-corrected chi connectivity index (χ3v) is 7.14. The average molecular weight is 507 g/mol. The van der Waals surface area contributed by atoms with Crippen molar-refractivity contribution in [3.05, 3.63) is 70.8 Å². The van der Waals surface area contributed by atoms with Crippen LogP contribution in [0.25, 0.3) is 5.76 Å². The molecule has 6 nitrogen and oxygen atoms in total. The van der Waals surface area contributed by atoms with E-state index in [2.05, 4.69) is 25.7 Å². The van der Waals surface area contributed by atoms with Crippen molar-refractivity contribution >= 4 is 17.4 Å². The highest BCUT2D eigenvalue weighted by Gasteiger charge is 2.45. The van der Waals surface area contributed by atoms with Gasteiger partial charge in [-0.2, -0.15) is 0 Å². The van der Waals surface area contributed by atoms with Gasteiger partial charge in [0, 0.05) is 12.1 Å². The lowest BCUT2D eigenvalue weighted by atomic mass is 9.94. The van der Waals surface area contributed by atoms with Gasteiger partial charge < -0.3 is 19.6 Å². The quantitative estimate of drug-likeness (QED) is 0.194. The lowest BCUT2D eigenvalue weighted by Gasteiger charge is -2.27. The number of likely N-dealkylation sites (tertiary alicyclic amines) is 1. The third-order valence-electron chi connectivity index (χ3n) is 7.14. The first-order chi connectivity index (χ1) is 17.9. The van der Waals surface area contributed by atoms with Gasteiger partial charge in [-0.15, -0.1) is 0 Å². The number of rotatable bonds is 14. The molecule has 6 heteroatoms. The van der Waals surface area contributed by atoms with Crippen molar-refractivity contribution in [3.8, 4) is 5.75 Å². The molecule has 1 aliphatic rings. The van der Waals surface area contributed by atoms with E-state index in [0.29, 0.717) is 17.9 Å². The zero-order chi connectivity index (χ0) is 26.8. The van der Waals surface area contributed by atoms with E-state index in [0.717, 1.165) is 63.7 Å². The van der Waals surface area contributed by atoms with Crippen LogP contribution >= 0.6 is 0 Å². The van der Waals surface area contributed by atoms with Crippen LogP contribution in [0.2, 0.25) is 0 Å². The summed E-state index contributed by atoms with van der Waals surface area (Å²) in [5.74, 6) is -0.681. The maximum atomic E-state index is 13.3. The largest absolute Gasteiger partial charge is 0.507 e. The monoisotopic (exact) mass is 506 g/mol. The Hall–Kier alpha value is -3.12. The van der Waals surface area contributed by atoms with E-state index in [-0.39, 0.29) is 11.3 Å². The number of benzene rings is 2. The molecule has 1 fully saturated rings. The van der Waals surface area contributed by atoms with Crippen LogP contribution in [0.5, 0.6) is 5.75 Å². The summed E-state index contributed by atoms with van der Waals surface area (Å²) in [5.41, 5.74) is 2.64. The minimum absolute atomic E-state index is 0.147. The van der Waals surface area contributed by atoms with Crippen molar-refractivity contribution in [2.45, 2.75) is 65.3 Å². The number of amides is 1. The van der Waals surface area contributed by atoms with Gasteiger partial charge in [0.1, 0.15) is 11.5 Å². The summed E-state index contributed by atoms with van der Waals surface area (Å²) < 4.78 is 5.22. The lowest BCUT2D eigenvalue weighted by molar-refractivity contribution is -0.140. The molecule has 0 saturated carbocycles. The summed E-state index contributed by atoms with van der Waals surface area (Å²) in [7, 11) is 1.58. The van der Waals surface area contributed by atoms with Crippen LogP contribution in [0, 0.1) is 0 Å². The number of aliphatic hydroxyl groups is 1. The summed E-state index contributed by atoms with van der Waals surface area (Å²) in [6, 6.07) is 14.3. The molecule has 1 aliphatic heterocycles. The van der Waals surface area contributed by atoms with Crippen LogP contribution in [-0.4, -0.2) is 59.9 Å². The van der Waals surface area contributed by atoms with Crippen molar-refractivity contribution in [1.29, 1.82) is 0 Å². The van der Waals surface area contributed by atoms with Crippen LogP contribution in [0.4, 0.5) is 0 Å². The minimum atomic E-state index is -0.633. The molecule has 1 N–H and O–H groups in total. The van der Waals surface area contributed by atoms with E-state index in [1.807, 2.05) is 24.3 Å². The molecule has 1 saturated heterocycles. The summed E-state index contributed by atoms with van der Waals surface area (Å²) in [4.78, 5) is 30.7. The number of ether oxygens (including phenoxy) is 1. The molecule has 2 aromatic rings. The Labute approximate surface area is 221 Å². The van der Waals surface area contributed by atoms with Gasteiger partial charge in [0.25, 0.3) is 11.7 Å². The number of hydrogen-bond acceptors (Lipinski definition) is 5. The fraction of sp³-hybridized carbons (Fsp3) is 0.484. The van der Waals surface area contributed by atoms with E-state index >= 15 is 0 Å². The predicted octanol–water partition coefficient (Wildman–Crippen LogP) is 5.97. The van der Waals surface area contributed by atoms with Gasteiger partial charge >= 0.3 is 0 Å². The fourth-order valence-electron chi connectivity index (χ4n) is 4.86. The zero-order valence-corrected chi connectivity index (χ0v) is 22.8. The van der Waals surface area contributed by atoms with Gasteiger partial charge in [0.05, 0.1) is 18.7 Å². The van der Waals surface area contributed by atoms with Crippen LogP contribution in [0.3, 0.4) is 0 Å². The number of unbranched alkanes of at least 4 members (excludes halogenated alkanes) is 2. The lowest BCUT2D eigenvalue weighted by Crippen LogP contribution is -2.34. The Morgan fingerprint density at radius 2 is 1.49 bits per heavy atom. The second-order valence-corrected chi connectivity index (χ2v) is 9.72. The van der Waals surface area contributed by atoms with E-state index in [1.165, 1.54) is 5.56 Å². The van der Waals surface area contributed by atoms with E-state index in [9.17, 15) is 14.7 Å². The van der Waals surface area contributed by atoms with Crippen LogP contribution < -0.4 is 4.74 Å². The minimum Gasteiger partial charge on any atom is -0.507 e. The van der Waals surface area contributed by atoms with Gasteiger partial charge in [-0.3, -0.25) is 9.59 Å². The molecular weight excluding hydrogens is 464 g/mol. The Morgan fingerprint density at radius 1 is 0.892 bits per heavy atom. The smallest absolute Gasteiger partial charge is 0.295 e. The number of carbonyl (C=O) groups excluding carboxylic acids is 2. The number of aryl methyl sites for hydroxylation is 1. The number of Topliss-reactive ketones (excluding diaryl/α,β-unsaturated/α-hetero) is 1. The number of hydrogen-bond donors (Lipinski definition) is 1. The Morgan fingerprint density at radius 3 is 2.03 bits per heavy atom. The molecule has 0 aliphatic carbocycles. The van der Waals surface area contributed by atoms with E-state index < -0.39 is 17.7 Å². The number of carbonyl (C=O) groups is 2. The first-order valence-electron chi connectivity index (χ1n) is 13.7. The molecule has 1 amide bonds. The molecule has 0 radical (unpaired) electrons. The van der Waals surface area contributed by atoms with Gasteiger partial charge in [0.2, 0.25) is 0 Å². The van der Waals surface area contributed by atoms with Gasteiger partial charge in [-0.1, -0.05) is 57.9 Å². The molecule has 0 aromatic heterocycles. The average Bonchev–Trinajstić information content (AvgIpc) is 3.18. The first kappa shape index (κ1) is 28.5. The Balaban J connectivity index is 1.92. The topological polar surface area (TPSA) is 70.1 Å². The molecule has 1 unspecified atom stereocenters. The fourth-order valence-corrected chi connectivity index (χ4v) is 4.86. The van der Waals surface area contributed by atoms with Crippen LogP contribution in [0.1, 0.15) is 75.6 Å². The zero-order valence-electron chi connectivity index (χ0n) is 22.8. The molecule has 0 bridgehead atoms. The van der Waals surface area contributed by atoms with Crippen molar-refractivity contribution in [1.82, 2.24) is 9.80 Å². The molecule has 0 spiro atoms. The molecule has 1 atom stereocenters. The van der Waals surface area contributed by atoms with Crippen molar-refractivity contribution < 1.29 is 19.4 Å². The molecule has 200 valence electrons. The van der Waals surface area contributed by atoms with Crippen molar-refractivity contribution in [2.24, 2.45) is 0 Å². The SMILES string of the molecule is CCCCN(CCCC)CCCN1C(=O)C(=O)/C(=C(\O)c2ccc(OC)cc2)C1c1ccc(CC)cc1. The Bertz CT molecular complexity index is 1050. The summed E-state index contributed by atoms with van der Waals surface area (Å²) >= 11 is 0. The van der Waals surface area contributed by atoms with Crippen molar-refractivity contribution in [2.75, 3.05) is 33.3 Å². The van der Waals surface area contributed by atoms with Gasteiger partial charge in [-0.05, 0) is 80.7 Å². The van der Waals surface area contributed by atoms with Gasteiger partial charge in [-0.25, -0.2) is 0 Å². The molecule has 2 aromatic carbocycles. The predicted molar refractivity (Wildman–Crippen MR) is 149 cm³/mol. The van der Waals surface area contributed by atoms with Gasteiger partial charge in [0.15, 0.2) is 0 Å². The van der Waals surface area contributed by atoms with Crippen molar-refractivity contribution in [3.63, 3.8) is 0 Å². The summed E-state index contributed by atoms with van der Waals surface area (Å²) in [6.07, 6.45) is 6.27. The molecule has 3 rings (SSSR count). The highest BCUT2D eigenvalue weighted by molar-refractivity contribution is 6.46. The number of methoxy groups -OCH3 is 1. The van der Waals surface area contributed by atoms with E-state index in [4.69, 9.17) is 4.74 Å². The first-order valence-corrected chi connectivity index (χ1v) is 13.7. The Kier molecular flexibility index (Phi) is 10.8. The molecule has 37 heavy (non-hydrogen) atoms. The second kappa shape index (κ2) is 14.0. The normalized spacial score (nSPS) is 17.1. The summed E-state index contributed by atoms with van der Waals surface area (Å²) in [5, 5.41) is 11.3. The standard InChI is InChI=1S/C31H42N2O4/c1-5-8-19-32(20-9-6-2)21-10-22-33-28(24-13-11-23(7-3)12-14-24)27(30(35)31(33)36)29(34)25-15-17-26(37-4)18-16-25/h11-18,28,34H,5-10,19-22H2,1-4H3/b29-27-. The van der Waals surface area contributed by atoms with E-state index in [1.54, 1.807) is 36.3 Å². The van der Waals surface area contributed by atoms with Crippen LogP contribution in [-0.2, 0) is 16.0 Å². The third kappa shape index (κ3) is 7.01. The summed E-state index contributed by atoms with van der Waals surface area (Å²) in [6.45, 7) is 9.92.